The van der Waals surface area contributed by atoms with Crippen molar-refractivity contribution >= 4 is 10.8 Å². The normalized spacial score (nSPS) is 10.8. The Hall–Kier alpha value is -2.36. The molecular weight excluding hydrogens is 226 g/mol. The van der Waals surface area contributed by atoms with E-state index in [0.29, 0.717) is 0 Å². The summed E-state index contributed by atoms with van der Waals surface area (Å²) in [7, 11) is 3.54. The number of fused-ring (bicyclic) bond motifs is 1. The van der Waals surface area contributed by atoms with E-state index in [4.69, 9.17) is 4.74 Å². The first-order chi connectivity index (χ1) is 8.79. The number of aromatic nitrogens is 3. The van der Waals surface area contributed by atoms with E-state index >= 15 is 0 Å². The van der Waals surface area contributed by atoms with E-state index < -0.39 is 0 Å². The Morgan fingerprint density at radius 2 is 1.83 bits per heavy atom. The third-order valence-corrected chi connectivity index (χ3v) is 2.94. The van der Waals surface area contributed by atoms with Crippen LogP contribution in [-0.2, 0) is 7.05 Å². The maximum Gasteiger partial charge on any atom is 0.181 e. The topological polar surface area (TPSA) is 39.9 Å². The molecule has 0 N–H and O–H groups in total. The van der Waals surface area contributed by atoms with Crippen LogP contribution >= 0.6 is 0 Å². The van der Waals surface area contributed by atoms with Gasteiger partial charge in [-0.1, -0.05) is 30.3 Å². The summed E-state index contributed by atoms with van der Waals surface area (Å²) in [5.41, 5.74) is 1.02. The van der Waals surface area contributed by atoms with Crippen molar-refractivity contribution in [2.45, 2.75) is 0 Å². The van der Waals surface area contributed by atoms with Crippen molar-refractivity contribution in [2.24, 2.45) is 7.05 Å². The zero-order valence-corrected chi connectivity index (χ0v) is 10.3. The summed E-state index contributed by atoms with van der Waals surface area (Å²) in [5, 5.41) is 6.53. The fraction of sp³-hybridized carbons (Fsp3) is 0.143. The van der Waals surface area contributed by atoms with Crippen LogP contribution in [0.1, 0.15) is 0 Å². The van der Waals surface area contributed by atoms with Crippen molar-refractivity contribution in [3.05, 3.63) is 42.7 Å². The molecule has 3 rings (SSSR count). The average Bonchev–Trinajstić information content (AvgIpc) is 2.84. The first-order valence-electron chi connectivity index (χ1n) is 5.71. The molecule has 90 valence electrons. The van der Waals surface area contributed by atoms with E-state index in [-0.39, 0.29) is 0 Å². The maximum atomic E-state index is 5.38. The SMILES string of the molecule is COc1cccc2c(-c3ncn(C)n3)cccc12. The molecule has 0 fully saturated rings. The van der Waals surface area contributed by atoms with Gasteiger partial charge in [0, 0.05) is 18.0 Å². The van der Waals surface area contributed by atoms with Gasteiger partial charge in [0.1, 0.15) is 12.1 Å². The van der Waals surface area contributed by atoms with E-state index in [1.807, 2.05) is 37.4 Å². The highest BCUT2D eigenvalue weighted by Gasteiger charge is 2.09. The number of aryl methyl sites for hydroxylation is 1. The minimum atomic E-state index is 0.733. The molecule has 0 radical (unpaired) electrons. The summed E-state index contributed by atoms with van der Waals surface area (Å²) in [4.78, 5) is 4.30. The number of hydrogen-bond acceptors (Lipinski definition) is 3. The van der Waals surface area contributed by atoms with E-state index in [1.54, 1.807) is 18.1 Å². The molecule has 0 aliphatic carbocycles. The smallest absolute Gasteiger partial charge is 0.181 e. The number of hydrogen-bond donors (Lipinski definition) is 0. The highest BCUT2D eigenvalue weighted by molar-refractivity contribution is 5.98. The van der Waals surface area contributed by atoms with E-state index in [1.165, 1.54) is 0 Å². The van der Waals surface area contributed by atoms with Crippen LogP contribution in [0.5, 0.6) is 5.75 Å². The second kappa shape index (κ2) is 4.14. The standard InChI is InChI=1S/C14H13N3O/c1-17-9-15-14(16-17)12-7-3-6-11-10(12)5-4-8-13(11)18-2/h3-9H,1-2H3. The summed E-state index contributed by atoms with van der Waals surface area (Å²) < 4.78 is 7.08. The van der Waals surface area contributed by atoms with Crippen LogP contribution < -0.4 is 4.74 Å². The minimum absolute atomic E-state index is 0.733. The Balaban J connectivity index is 2.30. The third kappa shape index (κ3) is 1.62. The lowest BCUT2D eigenvalue weighted by Gasteiger charge is -2.07. The minimum Gasteiger partial charge on any atom is -0.496 e. The van der Waals surface area contributed by atoms with Gasteiger partial charge in [-0.2, -0.15) is 5.10 Å². The first kappa shape index (κ1) is 10.8. The van der Waals surface area contributed by atoms with Gasteiger partial charge in [0.05, 0.1) is 7.11 Å². The van der Waals surface area contributed by atoms with Gasteiger partial charge in [-0.25, -0.2) is 4.98 Å². The molecule has 1 aromatic heterocycles. The van der Waals surface area contributed by atoms with Gasteiger partial charge in [-0.15, -0.1) is 0 Å². The van der Waals surface area contributed by atoms with Gasteiger partial charge in [0.25, 0.3) is 0 Å². The Labute approximate surface area is 105 Å². The molecule has 1 heterocycles. The van der Waals surface area contributed by atoms with Crippen molar-refractivity contribution in [1.29, 1.82) is 0 Å². The van der Waals surface area contributed by atoms with Crippen LogP contribution in [0, 0.1) is 0 Å². The van der Waals surface area contributed by atoms with Gasteiger partial charge < -0.3 is 4.74 Å². The van der Waals surface area contributed by atoms with Gasteiger partial charge >= 0.3 is 0 Å². The fourth-order valence-electron chi connectivity index (χ4n) is 2.12. The number of ether oxygens (including phenoxy) is 1. The molecule has 0 bridgehead atoms. The molecule has 0 amide bonds. The van der Waals surface area contributed by atoms with Crippen LogP contribution in [0.2, 0.25) is 0 Å². The van der Waals surface area contributed by atoms with Gasteiger partial charge in [-0.3, -0.25) is 4.68 Å². The van der Waals surface area contributed by atoms with E-state index in [0.717, 1.165) is 27.9 Å². The number of rotatable bonds is 2. The number of benzene rings is 2. The third-order valence-electron chi connectivity index (χ3n) is 2.94. The lowest BCUT2D eigenvalue weighted by molar-refractivity contribution is 0.420. The Morgan fingerprint density at radius 3 is 2.56 bits per heavy atom. The second-order valence-corrected chi connectivity index (χ2v) is 4.10. The fourth-order valence-corrected chi connectivity index (χ4v) is 2.12. The molecule has 0 aliphatic heterocycles. The van der Waals surface area contributed by atoms with Crippen LogP contribution in [0.25, 0.3) is 22.2 Å². The monoisotopic (exact) mass is 239 g/mol. The van der Waals surface area contributed by atoms with Crippen LogP contribution in [0.15, 0.2) is 42.7 Å². The van der Waals surface area contributed by atoms with Crippen molar-refractivity contribution in [3.63, 3.8) is 0 Å². The largest absolute Gasteiger partial charge is 0.496 e. The van der Waals surface area contributed by atoms with E-state index in [2.05, 4.69) is 16.1 Å². The molecule has 0 spiro atoms. The van der Waals surface area contributed by atoms with Crippen LogP contribution in [0.4, 0.5) is 0 Å². The van der Waals surface area contributed by atoms with Gasteiger partial charge in [0.15, 0.2) is 5.82 Å². The quantitative estimate of drug-likeness (QED) is 0.690. The zero-order valence-electron chi connectivity index (χ0n) is 10.3. The highest BCUT2D eigenvalue weighted by Crippen LogP contribution is 2.31. The molecule has 4 nitrogen and oxygen atoms in total. The Morgan fingerprint density at radius 1 is 1.06 bits per heavy atom. The van der Waals surface area contributed by atoms with Crippen LogP contribution in [-0.4, -0.2) is 21.9 Å². The summed E-state index contributed by atoms with van der Waals surface area (Å²) in [5.74, 6) is 1.60. The molecule has 3 aromatic rings. The molecule has 18 heavy (non-hydrogen) atoms. The number of nitrogens with zero attached hydrogens (tertiary/aromatic N) is 3. The zero-order chi connectivity index (χ0) is 12.5. The molecule has 4 heteroatoms. The highest BCUT2D eigenvalue weighted by atomic mass is 16.5. The molecule has 0 aliphatic rings. The number of methoxy groups -OCH3 is 1. The lowest BCUT2D eigenvalue weighted by Crippen LogP contribution is -1.90. The predicted octanol–water partition coefficient (Wildman–Crippen LogP) is 2.64. The molecule has 2 aromatic carbocycles. The molecule has 0 atom stereocenters. The van der Waals surface area contributed by atoms with Crippen molar-refractivity contribution in [2.75, 3.05) is 7.11 Å². The summed E-state index contributed by atoms with van der Waals surface area (Å²) in [6.45, 7) is 0. The van der Waals surface area contributed by atoms with Crippen molar-refractivity contribution in [1.82, 2.24) is 14.8 Å². The Kier molecular flexibility index (Phi) is 2.48. The average molecular weight is 239 g/mol. The Bertz CT molecular complexity index is 703. The van der Waals surface area contributed by atoms with Gasteiger partial charge in [0.2, 0.25) is 0 Å². The lowest BCUT2D eigenvalue weighted by atomic mass is 10.0. The predicted molar refractivity (Wildman–Crippen MR) is 70.5 cm³/mol. The van der Waals surface area contributed by atoms with E-state index in [9.17, 15) is 0 Å². The summed E-state index contributed by atoms with van der Waals surface area (Å²) >= 11 is 0. The molecule has 0 unspecified atom stereocenters. The van der Waals surface area contributed by atoms with Crippen molar-refractivity contribution in [3.8, 4) is 17.1 Å². The van der Waals surface area contributed by atoms with Gasteiger partial charge in [-0.05, 0) is 11.5 Å². The molecular formula is C14H13N3O. The molecule has 0 saturated carbocycles. The summed E-state index contributed by atoms with van der Waals surface area (Å²) in [6.07, 6.45) is 1.70. The first-order valence-corrected chi connectivity index (χ1v) is 5.71. The summed E-state index contributed by atoms with van der Waals surface area (Å²) in [6, 6.07) is 12.1. The van der Waals surface area contributed by atoms with Crippen LogP contribution in [0.3, 0.4) is 0 Å². The van der Waals surface area contributed by atoms with Crippen molar-refractivity contribution < 1.29 is 4.74 Å². The molecule has 0 saturated heterocycles. The maximum absolute atomic E-state index is 5.38. The second-order valence-electron chi connectivity index (χ2n) is 4.10.